The first-order valence-electron chi connectivity index (χ1n) is 5.37. The van der Waals surface area contributed by atoms with Crippen LogP contribution in [-0.4, -0.2) is 0 Å². The summed E-state index contributed by atoms with van der Waals surface area (Å²) in [5, 5.41) is 5.37. The Bertz CT molecular complexity index is 484. The molecule has 0 radical (unpaired) electrons. The third kappa shape index (κ3) is 3.37. The Hall–Kier alpha value is -0.710. The quantitative estimate of drug-likeness (QED) is 0.876. The molecule has 0 aliphatic heterocycles. The van der Waals surface area contributed by atoms with E-state index in [-0.39, 0.29) is 11.9 Å². The summed E-state index contributed by atoms with van der Waals surface area (Å²) in [6, 6.07) is 9.51. The lowest BCUT2D eigenvalue weighted by molar-refractivity contribution is 0.548. The third-order valence-corrected chi connectivity index (χ3v) is 4.13. The highest BCUT2D eigenvalue weighted by atomic mass is 79.9. The first-order chi connectivity index (χ1) is 8.16. The molecule has 0 bridgehead atoms. The second-order valence-corrected chi connectivity index (χ2v) is 5.75. The Morgan fingerprint density at radius 3 is 2.88 bits per heavy atom. The van der Waals surface area contributed by atoms with Gasteiger partial charge in [0, 0.05) is 27.5 Å². The van der Waals surface area contributed by atoms with Crippen LogP contribution in [0.1, 0.15) is 23.4 Å². The van der Waals surface area contributed by atoms with Crippen molar-refractivity contribution in [1.29, 1.82) is 0 Å². The number of benzene rings is 1. The van der Waals surface area contributed by atoms with E-state index in [2.05, 4.69) is 34.2 Å². The van der Waals surface area contributed by atoms with Gasteiger partial charge in [0.2, 0.25) is 0 Å². The molecule has 0 aliphatic rings. The van der Waals surface area contributed by atoms with Crippen LogP contribution in [0, 0.1) is 5.82 Å². The molecular weight excluding hydrogens is 301 g/mol. The largest absolute Gasteiger partial charge is 0.305 e. The number of nitrogens with one attached hydrogen (secondary N) is 1. The molecule has 1 aromatic heterocycles. The zero-order chi connectivity index (χ0) is 12.3. The summed E-state index contributed by atoms with van der Waals surface area (Å²) >= 11 is 4.96. The molecule has 1 unspecified atom stereocenters. The van der Waals surface area contributed by atoms with Gasteiger partial charge in [-0.3, -0.25) is 0 Å². The fourth-order valence-electron chi connectivity index (χ4n) is 1.57. The van der Waals surface area contributed by atoms with Crippen molar-refractivity contribution < 1.29 is 4.39 Å². The summed E-state index contributed by atoms with van der Waals surface area (Å²) in [4.78, 5) is 1.27. The van der Waals surface area contributed by atoms with E-state index in [9.17, 15) is 4.39 Å². The highest BCUT2D eigenvalue weighted by Crippen LogP contribution is 2.20. The summed E-state index contributed by atoms with van der Waals surface area (Å²) in [5.41, 5.74) is 0.691. The van der Waals surface area contributed by atoms with Gasteiger partial charge >= 0.3 is 0 Å². The number of halogens is 2. The monoisotopic (exact) mass is 313 g/mol. The van der Waals surface area contributed by atoms with Gasteiger partial charge in [-0.1, -0.05) is 28.1 Å². The van der Waals surface area contributed by atoms with Crippen molar-refractivity contribution >= 4 is 27.3 Å². The number of rotatable bonds is 4. The van der Waals surface area contributed by atoms with E-state index < -0.39 is 0 Å². The molecule has 2 aromatic rings. The molecule has 4 heteroatoms. The molecule has 0 aliphatic carbocycles. The first kappa shape index (κ1) is 12.7. The molecule has 0 fully saturated rings. The van der Waals surface area contributed by atoms with Crippen molar-refractivity contribution in [2.24, 2.45) is 0 Å². The summed E-state index contributed by atoms with van der Waals surface area (Å²) < 4.78 is 14.3. The van der Waals surface area contributed by atoms with E-state index in [1.54, 1.807) is 17.4 Å². The normalized spacial score (nSPS) is 12.6. The summed E-state index contributed by atoms with van der Waals surface area (Å²) in [6.45, 7) is 2.63. The number of hydrogen-bond donors (Lipinski definition) is 1. The van der Waals surface area contributed by atoms with Gasteiger partial charge < -0.3 is 5.32 Å². The zero-order valence-electron chi connectivity index (χ0n) is 9.41. The van der Waals surface area contributed by atoms with Gasteiger partial charge in [0.25, 0.3) is 0 Å². The topological polar surface area (TPSA) is 12.0 Å². The van der Waals surface area contributed by atoms with Gasteiger partial charge in [-0.2, -0.15) is 0 Å². The molecule has 1 aromatic carbocycles. The van der Waals surface area contributed by atoms with Crippen LogP contribution in [0.15, 0.2) is 40.2 Å². The molecule has 1 N–H and O–H groups in total. The molecule has 1 heterocycles. The van der Waals surface area contributed by atoms with Crippen LogP contribution in [0.25, 0.3) is 0 Å². The average Bonchev–Trinajstić information content (AvgIpc) is 2.81. The maximum Gasteiger partial charge on any atom is 0.128 e. The molecule has 1 nitrogen and oxygen atoms in total. The SMILES string of the molecule is CC(NCc1ccc(Br)cc1F)c1cccs1. The fourth-order valence-corrected chi connectivity index (χ4v) is 2.66. The van der Waals surface area contributed by atoms with Gasteiger partial charge in [-0.15, -0.1) is 11.3 Å². The molecule has 2 rings (SSSR count). The highest BCUT2D eigenvalue weighted by molar-refractivity contribution is 9.10. The zero-order valence-corrected chi connectivity index (χ0v) is 11.8. The Labute approximate surface area is 113 Å². The van der Waals surface area contributed by atoms with Crippen molar-refractivity contribution in [3.63, 3.8) is 0 Å². The second-order valence-electron chi connectivity index (χ2n) is 3.85. The summed E-state index contributed by atoms with van der Waals surface area (Å²) in [6.07, 6.45) is 0. The molecule has 90 valence electrons. The van der Waals surface area contributed by atoms with E-state index in [0.717, 1.165) is 4.47 Å². The van der Waals surface area contributed by atoms with Crippen molar-refractivity contribution in [2.75, 3.05) is 0 Å². The molecule has 0 amide bonds. The second kappa shape index (κ2) is 5.76. The number of thiophene rings is 1. The predicted octanol–water partition coefficient (Wildman–Crippen LogP) is 4.50. The maximum atomic E-state index is 13.6. The third-order valence-electron chi connectivity index (χ3n) is 2.58. The van der Waals surface area contributed by atoms with Crippen molar-refractivity contribution in [3.8, 4) is 0 Å². The van der Waals surface area contributed by atoms with Crippen molar-refractivity contribution in [3.05, 3.63) is 56.4 Å². The van der Waals surface area contributed by atoms with Crippen LogP contribution in [0.3, 0.4) is 0 Å². The van der Waals surface area contributed by atoms with Crippen LogP contribution in [0.2, 0.25) is 0 Å². The van der Waals surface area contributed by atoms with Crippen LogP contribution >= 0.6 is 27.3 Å². The van der Waals surface area contributed by atoms with Gasteiger partial charge in [-0.05, 0) is 30.5 Å². The van der Waals surface area contributed by atoms with E-state index in [1.807, 2.05) is 17.5 Å². The smallest absolute Gasteiger partial charge is 0.128 e. The minimum absolute atomic E-state index is 0.176. The average molecular weight is 314 g/mol. The van der Waals surface area contributed by atoms with E-state index >= 15 is 0 Å². The van der Waals surface area contributed by atoms with Gasteiger partial charge in [-0.25, -0.2) is 4.39 Å². The van der Waals surface area contributed by atoms with E-state index in [1.165, 1.54) is 10.9 Å². The summed E-state index contributed by atoms with van der Waals surface area (Å²) in [5.74, 6) is -0.176. The lowest BCUT2D eigenvalue weighted by Gasteiger charge is -2.12. The summed E-state index contributed by atoms with van der Waals surface area (Å²) in [7, 11) is 0. The molecule has 1 atom stereocenters. The van der Waals surface area contributed by atoms with E-state index in [4.69, 9.17) is 0 Å². The Morgan fingerprint density at radius 2 is 2.24 bits per heavy atom. The van der Waals surface area contributed by atoms with Crippen LogP contribution in [-0.2, 0) is 6.54 Å². The Balaban J connectivity index is 1.98. The molecule has 0 saturated heterocycles. The van der Waals surface area contributed by atoms with Crippen LogP contribution < -0.4 is 5.32 Å². The minimum Gasteiger partial charge on any atom is -0.305 e. The van der Waals surface area contributed by atoms with Gasteiger partial charge in [0.05, 0.1) is 0 Å². The molecular formula is C13H13BrFNS. The Kier molecular flexibility index (Phi) is 4.31. The van der Waals surface area contributed by atoms with Gasteiger partial charge in [0.1, 0.15) is 5.82 Å². The molecule has 17 heavy (non-hydrogen) atoms. The molecule has 0 saturated carbocycles. The lowest BCUT2D eigenvalue weighted by atomic mass is 10.2. The molecule has 0 spiro atoms. The van der Waals surface area contributed by atoms with Crippen molar-refractivity contribution in [2.45, 2.75) is 19.5 Å². The highest BCUT2D eigenvalue weighted by Gasteiger charge is 2.07. The first-order valence-corrected chi connectivity index (χ1v) is 7.05. The maximum absolute atomic E-state index is 13.6. The predicted molar refractivity (Wildman–Crippen MR) is 73.7 cm³/mol. The van der Waals surface area contributed by atoms with Crippen molar-refractivity contribution in [1.82, 2.24) is 5.32 Å². The van der Waals surface area contributed by atoms with Crippen LogP contribution in [0.5, 0.6) is 0 Å². The minimum atomic E-state index is -0.176. The van der Waals surface area contributed by atoms with Gasteiger partial charge in [0.15, 0.2) is 0 Å². The lowest BCUT2D eigenvalue weighted by Crippen LogP contribution is -2.17. The number of hydrogen-bond acceptors (Lipinski definition) is 2. The van der Waals surface area contributed by atoms with Crippen LogP contribution in [0.4, 0.5) is 4.39 Å². The fraction of sp³-hybridized carbons (Fsp3) is 0.231. The Morgan fingerprint density at radius 1 is 1.41 bits per heavy atom. The van der Waals surface area contributed by atoms with E-state index in [0.29, 0.717) is 12.1 Å². The standard InChI is InChI=1S/C13H13BrFNS/c1-9(13-3-2-6-17-13)16-8-10-4-5-11(14)7-12(10)15/h2-7,9,16H,8H2,1H3.